The van der Waals surface area contributed by atoms with Crippen molar-refractivity contribution < 1.29 is 0 Å². The Hall–Kier alpha value is -2.20. The standard InChI is InChI=1S/C22H20Cl3N3/c1-2-28(15-17-6-4-3-5-7-17)19-10-8-16(9-11-19)14-26-27-22-20(24)12-18(23)13-21(22)25/h3-14,27H,2,15H2,1H3. The molecule has 0 aromatic heterocycles. The molecule has 0 aliphatic carbocycles. The van der Waals surface area contributed by atoms with Gasteiger partial charge in [0.15, 0.2) is 0 Å². The summed E-state index contributed by atoms with van der Waals surface area (Å²) in [6.07, 6.45) is 1.72. The van der Waals surface area contributed by atoms with Crippen LogP contribution >= 0.6 is 34.8 Å². The number of benzene rings is 3. The normalized spacial score (nSPS) is 11.0. The van der Waals surface area contributed by atoms with Gasteiger partial charge in [-0.2, -0.15) is 5.10 Å². The van der Waals surface area contributed by atoms with E-state index in [1.54, 1.807) is 18.3 Å². The molecule has 6 heteroatoms. The average Bonchev–Trinajstić information content (AvgIpc) is 2.69. The van der Waals surface area contributed by atoms with Crippen LogP contribution in [0.4, 0.5) is 11.4 Å². The lowest BCUT2D eigenvalue weighted by molar-refractivity contribution is 0.832. The SMILES string of the molecule is CCN(Cc1ccccc1)c1ccc(C=NNc2c(Cl)cc(Cl)cc2Cl)cc1. The first-order valence-electron chi connectivity index (χ1n) is 8.89. The molecule has 3 aromatic carbocycles. The van der Waals surface area contributed by atoms with E-state index in [0.717, 1.165) is 18.7 Å². The molecule has 0 saturated heterocycles. The molecule has 1 N–H and O–H groups in total. The number of anilines is 2. The monoisotopic (exact) mass is 431 g/mol. The highest BCUT2D eigenvalue weighted by molar-refractivity contribution is 6.41. The third-order valence-corrected chi connectivity index (χ3v) is 5.07. The molecule has 0 bridgehead atoms. The predicted octanol–water partition coefficient (Wildman–Crippen LogP) is 7.12. The van der Waals surface area contributed by atoms with Crippen LogP contribution in [0.25, 0.3) is 0 Å². The number of nitrogens with one attached hydrogen (secondary N) is 1. The highest BCUT2D eigenvalue weighted by Gasteiger charge is 2.07. The fourth-order valence-corrected chi connectivity index (χ4v) is 3.68. The summed E-state index contributed by atoms with van der Waals surface area (Å²) in [5, 5.41) is 5.55. The molecule has 0 aliphatic rings. The molecule has 3 aromatic rings. The highest BCUT2D eigenvalue weighted by Crippen LogP contribution is 2.33. The zero-order chi connectivity index (χ0) is 19.9. The molecule has 0 atom stereocenters. The minimum Gasteiger partial charge on any atom is -0.367 e. The smallest absolute Gasteiger partial charge is 0.0935 e. The van der Waals surface area contributed by atoms with Gasteiger partial charge in [0.2, 0.25) is 0 Å². The van der Waals surface area contributed by atoms with Crippen molar-refractivity contribution in [2.24, 2.45) is 5.10 Å². The molecule has 0 unspecified atom stereocenters. The third-order valence-electron chi connectivity index (χ3n) is 4.25. The Kier molecular flexibility index (Phi) is 7.21. The zero-order valence-electron chi connectivity index (χ0n) is 15.4. The van der Waals surface area contributed by atoms with Crippen LogP contribution < -0.4 is 10.3 Å². The summed E-state index contributed by atoms with van der Waals surface area (Å²) in [7, 11) is 0. The Bertz CT molecular complexity index is 918. The number of rotatable bonds is 7. The summed E-state index contributed by atoms with van der Waals surface area (Å²) < 4.78 is 0. The molecule has 0 heterocycles. The largest absolute Gasteiger partial charge is 0.367 e. The van der Waals surface area contributed by atoms with Crippen molar-refractivity contribution in [1.82, 2.24) is 0 Å². The fraction of sp³-hybridized carbons (Fsp3) is 0.136. The van der Waals surface area contributed by atoms with Crippen LogP contribution in [0.15, 0.2) is 71.8 Å². The molecular formula is C22H20Cl3N3. The maximum Gasteiger partial charge on any atom is 0.0935 e. The summed E-state index contributed by atoms with van der Waals surface area (Å²) in [6, 6.07) is 21.9. The van der Waals surface area contributed by atoms with Gasteiger partial charge in [-0.3, -0.25) is 5.43 Å². The second kappa shape index (κ2) is 9.83. The Labute approximate surface area is 180 Å². The second-order valence-electron chi connectivity index (χ2n) is 6.21. The van der Waals surface area contributed by atoms with E-state index in [0.29, 0.717) is 20.8 Å². The van der Waals surface area contributed by atoms with Gasteiger partial charge >= 0.3 is 0 Å². The van der Waals surface area contributed by atoms with E-state index < -0.39 is 0 Å². The van der Waals surface area contributed by atoms with Gasteiger partial charge in [-0.1, -0.05) is 77.3 Å². The molecule has 0 radical (unpaired) electrons. The van der Waals surface area contributed by atoms with Crippen LogP contribution in [-0.2, 0) is 6.54 Å². The van der Waals surface area contributed by atoms with Crippen LogP contribution in [-0.4, -0.2) is 12.8 Å². The highest BCUT2D eigenvalue weighted by atomic mass is 35.5. The second-order valence-corrected chi connectivity index (χ2v) is 7.46. The van der Waals surface area contributed by atoms with Gasteiger partial charge in [0, 0.05) is 23.8 Å². The van der Waals surface area contributed by atoms with E-state index in [4.69, 9.17) is 34.8 Å². The maximum atomic E-state index is 6.14. The number of hydrogen-bond acceptors (Lipinski definition) is 3. The van der Waals surface area contributed by atoms with Crippen molar-refractivity contribution in [3.8, 4) is 0 Å². The number of hydrogen-bond donors (Lipinski definition) is 1. The minimum absolute atomic E-state index is 0.421. The van der Waals surface area contributed by atoms with Crippen molar-refractivity contribution in [2.45, 2.75) is 13.5 Å². The Morgan fingerprint density at radius 2 is 1.57 bits per heavy atom. The van der Waals surface area contributed by atoms with Gasteiger partial charge in [-0.15, -0.1) is 0 Å². The van der Waals surface area contributed by atoms with E-state index in [2.05, 4.69) is 58.7 Å². The van der Waals surface area contributed by atoms with Crippen LogP contribution in [0.5, 0.6) is 0 Å². The lowest BCUT2D eigenvalue weighted by Crippen LogP contribution is -2.21. The summed E-state index contributed by atoms with van der Waals surface area (Å²) in [5.41, 5.74) is 6.82. The van der Waals surface area contributed by atoms with E-state index in [9.17, 15) is 0 Å². The lowest BCUT2D eigenvalue weighted by atomic mass is 10.1. The molecule has 0 saturated carbocycles. The first-order valence-corrected chi connectivity index (χ1v) is 10.0. The molecule has 144 valence electrons. The molecule has 0 aliphatic heterocycles. The third kappa shape index (κ3) is 5.41. The Balaban J connectivity index is 1.66. The lowest BCUT2D eigenvalue weighted by Gasteiger charge is -2.23. The van der Waals surface area contributed by atoms with E-state index >= 15 is 0 Å². The molecule has 28 heavy (non-hydrogen) atoms. The van der Waals surface area contributed by atoms with Gasteiger partial charge < -0.3 is 4.90 Å². The maximum absolute atomic E-state index is 6.14. The van der Waals surface area contributed by atoms with Crippen LogP contribution in [0, 0.1) is 0 Å². The summed E-state index contributed by atoms with van der Waals surface area (Å²) >= 11 is 18.2. The van der Waals surface area contributed by atoms with E-state index in [1.807, 2.05) is 18.2 Å². The Morgan fingerprint density at radius 1 is 0.929 bits per heavy atom. The average molecular weight is 433 g/mol. The quantitative estimate of drug-likeness (QED) is 0.318. The van der Waals surface area contributed by atoms with Crippen LogP contribution in [0.1, 0.15) is 18.1 Å². The molecule has 0 fully saturated rings. The van der Waals surface area contributed by atoms with Gasteiger partial charge in [-0.05, 0) is 42.3 Å². The van der Waals surface area contributed by atoms with Crippen molar-refractivity contribution >= 4 is 52.4 Å². The van der Waals surface area contributed by atoms with Crippen LogP contribution in [0.2, 0.25) is 15.1 Å². The minimum atomic E-state index is 0.421. The van der Waals surface area contributed by atoms with Gasteiger partial charge in [0.25, 0.3) is 0 Å². The number of nitrogens with zero attached hydrogens (tertiary/aromatic N) is 2. The summed E-state index contributed by atoms with van der Waals surface area (Å²) in [5.74, 6) is 0. The first kappa shape index (κ1) is 20.5. The fourth-order valence-electron chi connectivity index (χ4n) is 2.78. The van der Waals surface area contributed by atoms with E-state index in [1.165, 1.54) is 11.3 Å². The van der Waals surface area contributed by atoms with Gasteiger partial charge in [-0.25, -0.2) is 0 Å². The van der Waals surface area contributed by atoms with Gasteiger partial charge in [0.05, 0.1) is 21.9 Å². The molecule has 0 amide bonds. The summed E-state index contributed by atoms with van der Waals surface area (Å²) in [4.78, 5) is 2.32. The number of halogens is 3. The van der Waals surface area contributed by atoms with Crippen LogP contribution in [0.3, 0.4) is 0 Å². The zero-order valence-corrected chi connectivity index (χ0v) is 17.6. The molecular weight excluding hydrogens is 413 g/mol. The number of hydrazone groups is 1. The van der Waals surface area contributed by atoms with Crippen molar-refractivity contribution in [1.29, 1.82) is 0 Å². The molecule has 0 spiro atoms. The van der Waals surface area contributed by atoms with Crippen molar-refractivity contribution in [3.05, 3.63) is 92.9 Å². The molecule has 3 rings (SSSR count). The molecule has 3 nitrogen and oxygen atoms in total. The topological polar surface area (TPSA) is 27.6 Å². The van der Waals surface area contributed by atoms with Crippen molar-refractivity contribution in [3.63, 3.8) is 0 Å². The first-order chi connectivity index (χ1) is 13.6. The predicted molar refractivity (Wildman–Crippen MR) is 122 cm³/mol. The van der Waals surface area contributed by atoms with E-state index in [-0.39, 0.29) is 0 Å². The summed E-state index contributed by atoms with van der Waals surface area (Å²) in [6.45, 7) is 3.96. The van der Waals surface area contributed by atoms with Gasteiger partial charge in [0.1, 0.15) is 0 Å². The van der Waals surface area contributed by atoms with Crippen molar-refractivity contribution in [2.75, 3.05) is 16.9 Å². The Morgan fingerprint density at radius 3 is 2.18 bits per heavy atom.